The van der Waals surface area contributed by atoms with Gasteiger partial charge in [-0.25, -0.2) is 4.98 Å². The molecule has 0 bridgehead atoms. The molecule has 4 nitrogen and oxygen atoms in total. The molecule has 0 saturated heterocycles. The molecule has 0 aliphatic heterocycles. The van der Waals surface area contributed by atoms with Crippen LogP contribution in [0.3, 0.4) is 0 Å². The van der Waals surface area contributed by atoms with Crippen LogP contribution in [0.1, 0.15) is 25.5 Å². The van der Waals surface area contributed by atoms with Crippen molar-refractivity contribution in [3.8, 4) is 11.6 Å². The van der Waals surface area contributed by atoms with Gasteiger partial charge in [0, 0.05) is 22.3 Å². The maximum atomic E-state index is 5.68. The van der Waals surface area contributed by atoms with E-state index in [9.17, 15) is 0 Å². The number of hydrogen-bond acceptors (Lipinski definition) is 3. The Morgan fingerprint density at radius 2 is 2.12 bits per heavy atom. The fraction of sp³-hybridized carbons (Fsp3) is 0.333. The van der Waals surface area contributed by atoms with Gasteiger partial charge in [-0.15, -0.1) is 0 Å². The third-order valence-corrected chi connectivity index (χ3v) is 2.75. The predicted molar refractivity (Wildman–Crippen MR) is 69.4 cm³/mol. The molecule has 0 aromatic carbocycles. The van der Waals surface area contributed by atoms with Gasteiger partial charge in [0.25, 0.3) is 0 Å². The SMILES string of the molecule is Cc1cc(Br)cnc1Oc1cnn(C(C)C)c1. The van der Waals surface area contributed by atoms with Gasteiger partial charge >= 0.3 is 0 Å². The standard InChI is InChI=1S/C12H14BrN3O/c1-8(2)16-7-11(6-15-16)17-12-9(3)4-10(13)5-14-12/h4-8H,1-3H3. The zero-order chi connectivity index (χ0) is 12.4. The van der Waals surface area contributed by atoms with Crippen molar-refractivity contribution >= 4 is 15.9 Å². The maximum absolute atomic E-state index is 5.68. The Morgan fingerprint density at radius 1 is 1.35 bits per heavy atom. The molecule has 90 valence electrons. The third-order valence-electron chi connectivity index (χ3n) is 2.32. The number of aromatic nitrogens is 3. The molecule has 0 unspecified atom stereocenters. The van der Waals surface area contributed by atoms with Gasteiger partial charge in [-0.05, 0) is 42.8 Å². The first-order chi connectivity index (χ1) is 8.06. The summed E-state index contributed by atoms with van der Waals surface area (Å²) in [4.78, 5) is 4.22. The van der Waals surface area contributed by atoms with E-state index in [2.05, 4.69) is 39.9 Å². The summed E-state index contributed by atoms with van der Waals surface area (Å²) < 4.78 is 8.48. The zero-order valence-corrected chi connectivity index (χ0v) is 11.6. The molecule has 0 radical (unpaired) electrons. The van der Waals surface area contributed by atoms with Crippen molar-refractivity contribution < 1.29 is 4.74 Å². The van der Waals surface area contributed by atoms with Gasteiger partial charge in [-0.2, -0.15) is 5.10 Å². The summed E-state index contributed by atoms with van der Waals surface area (Å²) in [6.07, 6.45) is 5.28. The van der Waals surface area contributed by atoms with Crippen LogP contribution < -0.4 is 4.74 Å². The van der Waals surface area contributed by atoms with Crippen molar-refractivity contribution in [1.82, 2.24) is 14.8 Å². The van der Waals surface area contributed by atoms with Crippen LogP contribution in [0.15, 0.2) is 29.1 Å². The lowest BCUT2D eigenvalue weighted by Gasteiger charge is -2.06. The van der Waals surface area contributed by atoms with E-state index in [-0.39, 0.29) is 0 Å². The second-order valence-electron chi connectivity index (χ2n) is 4.13. The summed E-state index contributed by atoms with van der Waals surface area (Å²) in [6, 6.07) is 2.29. The van der Waals surface area contributed by atoms with Gasteiger partial charge in [0.1, 0.15) is 0 Å². The summed E-state index contributed by atoms with van der Waals surface area (Å²) in [5.41, 5.74) is 0.983. The Bertz CT molecular complexity index is 522. The number of halogens is 1. The van der Waals surface area contributed by atoms with E-state index in [4.69, 9.17) is 4.74 Å². The molecule has 0 saturated carbocycles. The zero-order valence-electron chi connectivity index (χ0n) is 10.0. The molecule has 2 aromatic rings. The number of aryl methyl sites for hydroxylation is 1. The molecule has 2 aromatic heterocycles. The highest BCUT2D eigenvalue weighted by Crippen LogP contribution is 2.24. The van der Waals surface area contributed by atoms with Gasteiger partial charge in [0.05, 0.1) is 12.4 Å². The van der Waals surface area contributed by atoms with E-state index >= 15 is 0 Å². The first-order valence-electron chi connectivity index (χ1n) is 5.40. The summed E-state index contributed by atoms with van der Waals surface area (Å²) >= 11 is 3.37. The summed E-state index contributed by atoms with van der Waals surface area (Å²) in [6.45, 7) is 6.10. The Hall–Kier alpha value is -1.36. The van der Waals surface area contributed by atoms with Crippen molar-refractivity contribution in [3.63, 3.8) is 0 Å². The maximum Gasteiger partial charge on any atom is 0.222 e. The van der Waals surface area contributed by atoms with Gasteiger partial charge in [-0.3, -0.25) is 4.68 Å². The van der Waals surface area contributed by atoms with Gasteiger partial charge in [0.2, 0.25) is 5.88 Å². The summed E-state index contributed by atoms with van der Waals surface area (Å²) in [5.74, 6) is 1.31. The number of pyridine rings is 1. The highest BCUT2D eigenvalue weighted by atomic mass is 79.9. The Labute approximate surface area is 109 Å². The normalized spacial score (nSPS) is 10.9. The molecule has 0 amide bonds. The van der Waals surface area contributed by atoms with E-state index in [1.807, 2.05) is 23.9 Å². The topological polar surface area (TPSA) is 39.9 Å². The van der Waals surface area contributed by atoms with Crippen LogP contribution in [0.5, 0.6) is 11.6 Å². The molecule has 2 heterocycles. The average Bonchev–Trinajstić information content (AvgIpc) is 2.71. The molecule has 0 spiro atoms. The number of nitrogens with zero attached hydrogens (tertiary/aromatic N) is 3. The van der Waals surface area contributed by atoms with E-state index in [0.29, 0.717) is 17.7 Å². The molecule has 0 atom stereocenters. The first-order valence-corrected chi connectivity index (χ1v) is 6.19. The molecule has 0 aliphatic rings. The van der Waals surface area contributed by atoms with Crippen molar-refractivity contribution in [2.45, 2.75) is 26.8 Å². The fourth-order valence-electron chi connectivity index (χ4n) is 1.40. The van der Waals surface area contributed by atoms with Crippen LogP contribution in [0.2, 0.25) is 0 Å². The van der Waals surface area contributed by atoms with Crippen molar-refractivity contribution in [2.24, 2.45) is 0 Å². The van der Waals surface area contributed by atoms with Crippen molar-refractivity contribution in [2.75, 3.05) is 0 Å². The van der Waals surface area contributed by atoms with Crippen LogP contribution in [-0.2, 0) is 0 Å². The molecular formula is C12H14BrN3O. The molecule has 5 heteroatoms. The van der Waals surface area contributed by atoms with Crippen molar-refractivity contribution in [3.05, 3.63) is 34.7 Å². The first kappa shape index (κ1) is 12.1. The second kappa shape index (κ2) is 4.87. The summed E-state index contributed by atoms with van der Waals surface area (Å²) in [7, 11) is 0. The third kappa shape index (κ3) is 2.85. The minimum atomic E-state index is 0.325. The number of hydrogen-bond donors (Lipinski definition) is 0. The number of rotatable bonds is 3. The van der Waals surface area contributed by atoms with Gasteiger partial charge in [-0.1, -0.05) is 0 Å². The van der Waals surface area contributed by atoms with Crippen LogP contribution >= 0.6 is 15.9 Å². The molecule has 0 N–H and O–H groups in total. The second-order valence-corrected chi connectivity index (χ2v) is 5.04. The van der Waals surface area contributed by atoms with Crippen LogP contribution in [0, 0.1) is 6.92 Å². The predicted octanol–water partition coefficient (Wildman–Crippen LogP) is 3.72. The molecule has 2 rings (SSSR count). The van der Waals surface area contributed by atoms with Crippen LogP contribution in [0.4, 0.5) is 0 Å². The smallest absolute Gasteiger partial charge is 0.222 e. The quantitative estimate of drug-likeness (QED) is 0.866. The van der Waals surface area contributed by atoms with Gasteiger partial charge in [0.15, 0.2) is 5.75 Å². The number of ether oxygens (including phenoxy) is 1. The lowest BCUT2D eigenvalue weighted by molar-refractivity contribution is 0.455. The van der Waals surface area contributed by atoms with E-state index < -0.39 is 0 Å². The largest absolute Gasteiger partial charge is 0.435 e. The minimum absolute atomic E-state index is 0.325. The average molecular weight is 296 g/mol. The van der Waals surface area contributed by atoms with Crippen LogP contribution in [-0.4, -0.2) is 14.8 Å². The monoisotopic (exact) mass is 295 g/mol. The highest BCUT2D eigenvalue weighted by Gasteiger charge is 2.07. The molecule has 0 aliphatic carbocycles. The lowest BCUT2D eigenvalue weighted by atomic mass is 10.3. The Balaban J connectivity index is 2.19. The lowest BCUT2D eigenvalue weighted by Crippen LogP contribution is -1.99. The Morgan fingerprint density at radius 3 is 2.71 bits per heavy atom. The highest BCUT2D eigenvalue weighted by molar-refractivity contribution is 9.10. The van der Waals surface area contributed by atoms with Crippen molar-refractivity contribution in [1.29, 1.82) is 0 Å². The summed E-state index contributed by atoms with van der Waals surface area (Å²) in [5, 5.41) is 4.21. The molecular weight excluding hydrogens is 282 g/mol. The van der Waals surface area contributed by atoms with Gasteiger partial charge < -0.3 is 4.74 Å². The van der Waals surface area contributed by atoms with E-state index in [1.54, 1.807) is 12.4 Å². The van der Waals surface area contributed by atoms with E-state index in [0.717, 1.165) is 10.0 Å². The Kier molecular flexibility index (Phi) is 3.47. The molecule has 17 heavy (non-hydrogen) atoms. The molecule has 0 fully saturated rings. The minimum Gasteiger partial charge on any atom is -0.435 e. The van der Waals surface area contributed by atoms with E-state index in [1.165, 1.54) is 0 Å². The fourth-order valence-corrected chi connectivity index (χ4v) is 1.85. The van der Waals surface area contributed by atoms with Crippen LogP contribution in [0.25, 0.3) is 0 Å².